The molecule has 1 atom stereocenters. The maximum absolute atomic E-state index is 14.9. The first kappa shape index (κ1) is 32.2. The zero-order valence-electron chi connectivity index (χ0n) is 24.3. The van der Waals surface area contributed by atoms with Gasteiger partial charge in [-0.3, -0.25) is 13.9 Å². The molecule has 2 amide bonds. The Labute approximate surface area is 255 Å². The van der Waals surface area contributed by atoms with Gasteiger partial charge in [-0.05, 0) is 67.1 Å². The molecule has 230 valence electrons. The summed E-state index contributed by atoms with van der Waals surface area (Å²) in [6.45, 7) is 0.955. The Kier molecular flexibility index (Phi) is 10.7. The van der Waals surface area contributed by atoms with Crippen LogP contribution in [-0.4, -0.2) is 51.4 Å². The van der Waals surface area contributed by atoms with Crippen molar-refractivity contribution in [2.24, 2.45) is 0 Å². The Morgan fingerprint density at radius 2 is 1.50 bits per heavy atom. The van der Waals surface area contributed by atoms with Crippen molar-refractivity contribution in [1.82, 2.24) is 10.2 Å². The summed E-state index contributed by atoms with van der Waals surface area (Å²) in [6, 6.07) is 24.0. The number of benzene rings is 4. The fraction of sp³-hybridized carbons (Fsp3) is 0.212. The minimum Gasteiger partial charge on any atom is -0.497 e. The third-order valence-electron chi connectivity index (χ3n) is 6.96. The number of methoxy groups -OCH3 is 1. The van der Waals surface area contributed by atoms with Gasteiger partial charge in [-0.15, -0.1) is 0 Å². The first-order valence-corrected chi connectivity index (χ1v) is 15.3. The van der Waals surface area contributed by atoms with E-state index in [4.69, 9.17) is 4.74 Å². The summed E-state index contributed by atoms with van der Waals surface area (Å²) < 4.78 is 62.7. The quantitative estimate of drug-likeness (QED) is 0.228. The highest BCUT2D eigenvalue weighted by atomic mass is 32.2. The van der Waals surface area contributed by atoms with Crippen molar-refractivity contribution in [3.63, 3.8) is 0 Å². The van der Waals surface area contributed by atoms with Gasteiger partial charge in [-0.1, -0.05) is 48.5 Å². The molecule has 4 aromatic carbocycles. The molecule has 0 aliphatic heterocycles. The van der Waals surface area contributed by atoms with Gasteiger partial charge in [0.2, 0.25) is 11.8 Å². The molecule has 0 aliphatic carbocycles. The van der Waals surface area contributed by atoms with Gasteiger partial charge >= 0.3 is 0 Å². The molecule has 4 rings (SSSR count). The van der Waals surface area contributed by atoms with Crippen LogP contribution in [0.5, 0.6) is 5.75 Å². The summed E-state index contributed by atoms with van der Waals surface area (Å²) in [4.78, 5) is 28.8. The number of sulfonamides is 1. The van der Waals surface area contributed by atoms with Crippen molar-refractivity contribution in [3.05, 3.63) is 126 Å². The molecule has 0 aliphatic rings. The molecule has 0 saturated heterocycles. The minimum absolute atomic E-state index is 0.0269. The number of likely N-dealkylation sites (N-methyl/N-ethyl adjacent to an activating group) is 1. The lowest BCUT2D eigenvalue weighted by Gasteiger charge is -2.34. The average molecular weight is 622 g/mol. The number of halogens is 2. The predicted molar refractivity (Wildman–Crippen MR) is 163 cm³/mol. The Hall–Kier alpha value is -4.77. The van der Waals surface area contributed by atoms with Gasteiger partial charge in [0.05, 0.1) is 17.7 Å². The standard InChI is InChI=1S/C33H33F2N3O5S/c1-3-36-33(40)31(21-24-9-5-4-6-10-24)37(22-25-11-7-8-12-30(25)35)32(39)23-38(27-15-13-26(34)14-16-27)44(41,42)29-19-17-28(43-2)18-20-29/h4-20,31H,3,21-23H2,1-2H3,(H,36,40). The Morgan fingerprint density at radius 3 is 2.11 bits per heavy atom. The van der Waals surface area contributed by atoms with E-state index in [0.29, 0.717) is 5.75 Å². The van der Waals surface area contributed by atoms with Gasteiger partial charge in [0, 0.05) is 25.1 Å². The van der Waals surface area contributed by atoms with E-state index in [1.54, 1.807) is 37.3 Å². The van der Waals surface area contributed by atoms with Crippen LogP contribution in [0.3, 0.4) is 0 Å². The van der Waals surface area contributed by atoms with Crippen LogP contribution in [0.15, 0.2) is 108 Å². The monoisotopic (exact) mass is 621 g/mol. The topological polar surface area (TPSA) is 96.0 Å². The fourth-order valence-corrected chi connectivity index (χ4v) is 6.08. The van der Waals surface area contributed by atoms with Crippen LogP contribution >= 0.6 is 0 Å². The highest BCUT2D eigenvalue weighted by Crippen LogP contribution is 2.27. The van der Waals surface area contributed by atoms with Gasteiger partial charge in [0.1, 0.15) is 30.0 Å². The molecule has 11 heteroatoms. The second kappa shape index (κ2) is 14.6. The molecule has 0 radical (unpaired) electrons. The van der Waals surface area contributed by atoms with E-state index >= 15 is 0 Å². The molecule has 0 bridgehead atoms. The van der Waals surface area contributed by atoms with Gasteiger partial charge in [-0.25, -0.2) is 17.2 Å². The third kappa shape index (κ3) is 7.78. The lowest BCUT2D eigenvalue weighted by Crippen LogP contribution is -2.53. The first-order valence-electron chi connectivity index (χ1n) is 13.9. The SMILES string of the molecule is CCNC(=O)C(Cc1ccccc1)N(Cc1ccccc1F)C(=O)CN(c1ccc(F)cc1)S(=O)(=O)c1ccc(OC)cc1. The predicted octanol–water partition coefficient (Wildman–Crippen LogP) is 4.94. The van der Waals surface area contributed by atoms with Crippen LogP contribution in [0, 0.1) is 11.6 Å². The van der Waals surface area contributed by atoms with Crippen LogP contribution in [0.25, 0.3) is 0 Å². The Morgan fingerprint density at radius 1 is 0.864 bits per heavy atom. The molecule has 1 unspecified atom stereocenters. The highest BCUT2D eigenvalue weighted by molar-refractivity contribution is 7.92. The van der Waals surface area contributed by atoms with Gasteiger partial charge in [-0.2, -0.15) is 0 Å². The number of hydrogen-bond acceptors (Lipinski definition) is 5. The van der Waals surface area contributed by atoms with E-state index in [-0.39, 0.29) is 35.7 Å². The third-order valence-corrected chi connectivity index (χ3v) is 8.75. The summed E-state index contributed by atoms with van der Waals surface area (Å²) in [5.74, 6) is -1.99. The van der Waals surface area contributed by atoms with Crippen molar-refractivity contribution in [1.29, 1.82) is 0 Å². The Bertz CT molecular complexity index is 1670. The number of rotatable bonds is 13. The number of amides is 2. The van der Waals surface area contributed by atoms with Crippen LogP contribution in [0.4, 0.5) is 14.5 Å². The zero-order valence-corrected chi connectivity index (χ0v) is 25.1. The Balaban J connectivity index is 1.80. The van der Waals surface area contributed by atoms with E-state index in [1.807, 2.05) is 6.07 Å². The lowest BCUT2D eigenvalue weighted by atomic mass is 10.0. The number of carbonyl (C=O) groups is 2. The average Bonchev–Trinajstić information content (AvgIpc) is 3.03. The van der Waals surface area contributed by atoms with Crippen molar-refractivity contribution < 1.29 is 31.5 Å². The molecule has 0 heterocycles. The molecule has 0 spiro atoms. The number of carbonyl (C=O) groups excluding carboxylic acids is 2. The summed E-state index contributed by atoms with van der Waals surface area (Å²) >= 11 is 0. The van der Waals surface area contributed by atoms with Crippen LogP contribution in [-0.2, 0) is 32.6 Å². The molecule has 0 fully saturated rings. The van der Waals surface area contributed by atoms with Crippen LogP contribution in [0.2, 0.25) is 0 Å². The minimum atomic E-state index is -4.38. The first-order chi connectivity index (χ1) is 21.1. The number of ether oxygens (including phenoxy) is 1. The smallest absolute Gasteiger partial charge is 0.264 e. The molecule has 0 saturated carbocycles. The summed E-state index contributed by atoms with van der Waals surface area (Å²) in [5.41, 5.74) is 0.921. The van der Waals surface area contributed by atoms with E-state index in [2.05, 4.69) is 5.32 Å². The molecule has 8 nitrogen and oxygen atoms in total. The fourth-order valence-electron chi connectivity index (χ4n) is 4.67. The van der Waals surface area contributed by atoms with Crippen molar-refractivity contribution in [2.45, 2.75) is 30.8 Å². The summed E-state index contributed by atoms with van der Waals surface area (Å²) in [6.07, 6.45) is 0.0919. The molecule has 44 heavy (non-hydrogen) atoms. The van der Waals surface area contributed by atoms with Gasteiger partial charge in [0.25, 0.3) is 10.0 Å². The number of nitrogens with zero attached hydrogens (tertiary/aromatic N) is 2. The summed E-state index contributed by atoms with van der Waals surface area (Å²) in [5, 5.41) is 2.75. The molecule has 1 N–H and O–H groups in total. The van der Waals surface area contributed by atoms with E-state index < -0.39 is 46.1 Å². The number of nitrogens with one attached hydrogen (secondary N) is 1. The maximum atomic E-state index is 14.9. The molecule has 4 aromatic rings. The van der Waals surface area contributed by atoms with Gasteiger partial charge in [0.15, 0.2) is 0 Å². The van der Waals surface area contributed by atoms with Gasteiger partial charge < -0.3 is 15.0 Å². The maximum Gasteiger partial charge on any atom is 0.264 e. The molecular weight excluding hydrogens is 588 g/mol. The van der Waals surface area contributed by atoms with Crippen molar-refractivity contribution in [3.8, 4) is 5.75 Å². The van der Waals surface area contributed by atoms with E-state index in [1.165, 1.54) is 66.6 Å². The van der Waals surface area contributed by atoms with E-state index in [9.17, 15) is 26.8 Å². The normalized spacial score (nSPS) is 11.8. The van der Waals surface area contributed by atoms with Crippen molar-refractivity contribution in [2.75, 3.05) is 24.5 Å². The van der Waals surface area contributed by atoms with E-state index in [0.717, 1.165) is 22.0 Å². The second-order valence-electron chi connectivity index (χ2n) is 9.88. The largest absolute Gasteiger partial charge is 0.497 e. The lowest BCUT2D eigenvalue weighted by molar-refractivity contribution is -0.140. The number of hydrogen-bond donors (Lipinski definition) is 1. The number of anilines is 1. The highest BCUT2D eigenvalue weighted by Gasteiger charge is 2.35. The molecule has 0 aromatic heterocycles. The zero-order chi connectivity index (χ0) is 31.7. The summed E-state index contributed by atoms with van der Waals surface area (Å²) in [7, 11) is -2.94. The van der Waals surface area contributed by atoms with Crippen LogP contribution in [0.1, 0.15) is 18.1 Å². The second-order valence-corrected chi connectivity index (χ2v) is 11.7. The van der Waals surface area contributed by atoms with Crippen LogP contribution < -0.4 is 14.4 Å². The van der Waals surface area contributed by atoms with Crippen molar-refractivity contribution >= 4 is 27.5 Å². The molecular formula is C33H33F2N3O5S.